The molecule has 0 saturated heterocycles. The van der Waals surface area contributed by atoms with Crippen molar-refractivity contribution in [2.75, 3.05) is 19.7 Å². The maximum Gasteiger partial charge on any atom is 0.280 e. The van der Waals surface area contributed by atoms with Crippen molar-refractivity contribution in [1.29, 1.82) is 0 Å². The minimum Gasteiger partial charge on any atom is -0.497 e. The fourth-order valence-electron chi connectivity index (χ4n) is 2.68. The van der Waals surface area contributed by atoms with E-state index in [4.69, 9.17) is 9.57 Å². The Bertz CT molecular complexity index is 991. The number of benzene rings is 2. The number of anilines is 1. The zero-order valence-electron chi connectivity index (χ0n) is 15.8. The maximum atomic E-state index is 13.5. The van der Waals surface area contributed by atoms with Gasteiger partial charge < -0.3 is 4.74 Å². The van der Waals surface area contributed by atoms with E-state index in [1.807, 2.05) is 30.3 Å². The van der Waals surface area contributed by atoms with Crippen molar-refractivity contribution in [3.05, 3.63) is 69.8 Å². The van der Waals surface area contributed by atoms with Gasteiger partial charge in [0.05, 0.1) is 26.5 Å². The Morgan fingerprint density at radius 1 is 1.21 bits per heavy atom. The Hall–Kier alpha value is -2.78. The van der Waals surface area contributed by atoms with Gasteiger partial charge in [0, 0.05) is 22.3 Å². The van der Waals surface area contributed by atoms with Gasteiger partial charge in [-0.3, -0.25) is 15.0 Å². The van der Waals surface area contributed by atoms with E-state index in [0.717, 1.165) is 10.0 Å². The van der Waals surface area contributed by atoms with Crippen molar-refractivity contribution in [2.24, 2.45) is 4.99 Å². The Labute approximate surface area is 175 Å². The highest BCUT2D eigenvalue weighted by Gasteiger charge is 2.17. The maximum absolute atomic E-state index is 13.5. The molecule has 0 spiro atoms. The molecule has 0 aliphatic heterocycles. The lowest BCUT2D eigenvalue weighted by molar-refractivity contribution is 0.139. The Morgan fingerprint density at radius 3 is 2.62 bits per heavy atom. The summed E-state index contributed by atoms with van der Waals surface area (Å²) in [4.78, 5) is 9.23. The highest BCUT2D eigenvalue weighted by Crippen LogP contribution is 2.27. The lowest BCUT2D eigenvalue weighted by atomic mass is 10.2. The molecule has 3 aromatic rings. The van der Waals surface area contributed by atoms with Gasteiger partial charge in [-0.05, 0) is 29.8 Å². The summed E-state index contributed by atoms with van der Waals surface area (Å²) >= 11 is 3.45. The van der Waals surface area contributed by atoms with Crippen LogP contribution in [0, 0.1) is 0 Å². The molecule has 0 aliphatic carbocycles. The van der Waals surface area contributed by atoms with E-state index in [1.54, 1.807) is 25.5 Å². The summed E-state index contributed by atoms with van der Waals surface area (Å²) in [7, 11) is 3.07. The molecule has 2 aromatic carbocycles. The number of halogens is 3. The quantitative estimate of drug-likeness (QED) is 0.359. The van der Waals surface area contributed by atoms with Crippen LogP contribution in [0.3, 0.4) is 0 Å². The molecule has 0 radical (unpaired) electrons. The lowest BCUT2D eigenvalue weighted by Gasteiger charge is -2.08. The molecule has 6 nitrogen and oxygen atoms in total. The number of nitrogens with one attached hydrogen (secondary N) is 1. The normalized spacial score (nSPS) is 11.4. The molecule has 1 heterocycles. The van der Waals surface area contributed by atoms with Gasteiger partial charge in [-0.2, -0.15) is 5.10 Å². The van der Waals surface area contributed by atoms with Crippen LogP contribution in [0.5, 0.6) is 5.75 Å². The molecule has 0 unspecified atom stereocenters. The third-order valence-corrected chi connectivity index (χ3v) is 4.80. The summed E-state index contributed by atoms with van der Waals surface area (Å²) < 4.78 is 34.1. The third kappa shape index (κ3) is 5.18. The molecule has 1 aromatic heterocycles. The topological polar surface area (TPSA) is 60.7 Å². The van der Waals surface area contributed by atoms with Gasteiger partial charge in [0.2, 0.25) is 0 Å². The molecule has 29 heavy (non-hydrogen) atoms. The molecule has 0 aliphatic rings. The van der Waals surface area contributed by atoms with E-state index in [2.05, 4.69) is 31.5 Å². The van der Waals surface area contributed by atoms with E-state index in [0.29, 0.717) is 17.0 Å². The van der Waals surface area contributed by atoms with Gasteiger partial charge in [0.15, 0.2) is 5.82 Å². The summed E-state index contributed by atoms with van der Waals surface area (Å²) in [5.74, 6) is 0.885. The minimum absolute atomic E-state index is 0.188. The molecule has 152 valence electrons. The van der Waals surface area contributed by atoms with Crippen LogP contribution in [-0.2, 0) is 11.4 Å². The Balaban J connectivity index is 1.87. The van der Waals surface area contributed by atoms with Crippen LogP contribution in [-0.4, -0.2) is 30.2 Å². The molecule has 0 fully saturated rings. The largest absolute Gasteiger partial charge is 0.497 e. The smallest absolute Gasteiger partial charge is 0.280 e. The zero-order valence-corrected chi connectivity index (χ0v) is 17.4. The fourth-order valence-corrected chi connectivity index (χ4v) is 3.15. The summed E-state index contributed by atoms with van der Waals surface area (Å²) in [6, 6.07) is 13.9. The first kappa shape index (κ1) is 20.9. The average molecular weight is 465 g/mol. The highest BCUT2D eigenvalue weighted by atomic mass is 79.9. The van der Waals surface area contributed by atoms with Crippen LogP contribution in [0.15, 0.2) is 58.0 Å². The number of alkyl halides is 2. The molecule has 0 atom stereocenters. The summed E-state index contributed by atoms with van der Waals surface area (Å²) in [6.45, 7) is 0.199. The second kappa shape index (κ2) is 9.62. The molecule has 0 amide bonds. The SMILES string of the molecule is CONc1cccc(Br)c1C=Nc1cc(C(F)F)n(Cc2ccc(OC)cc2)n1. The standard InChI is InChI=1S/C20H19BrF2N4O2/c1-28-14-8-6-13(7-9-14)12-27-18(20(22)23)10-19(25-27)24-11-15-16(21)4-3-5-17(15)26-29-2/h3-11,20,26H,12H2,1-2H3. The predicted octanol–water partition coefficient (Wildman–Crippen LogP) is 5.36. The number of hydrogen-bond donors (Lipinski definition) is 1. The van der Waals surface area contributed by atoms with Crippen LogP contribution in [0.1, 0.15) is 23.2 Å². The van der Waals surface area contributed by atoms with E-state index in [9.17, 15) is 8.78 Å². The van der Waals surface area contributed by atoms with Gasteiger partial charge in [-0.25, -0.2) is 13.8 Å². The van der Waals surface area contributed by atoms with E-state index in [-0.39, 0.29) is 18.1 Å². The number of ether oxygens (including phenoxy) is 1. The summed E-state index contributed by atoms with van der Waals surface area (Å²) in [5, 5.41) is 4.23. The molecule has 0 bridgehead atoms. The first-order valence-electron chi connectivity index (χ1n) is 8.62. The third-order valence-electron chi connectivity index (χ3n) is 4.10. The van der Waals surface area contributed by atoms with Crippen LogP contribution in [0.2, 0.25) is 0 Å². The van der Waals surface area contributed by atoms with Gasteiger partial charge in [0.25, 0.3) is 6.43 Å². The Kier molecular flexibility index (Phi) is 6.95. The summed E-state index contributed by atoms with van der Waals surface area (Å²) in [5.41, 5.74) is 4.76. The number of rotatable bonds is 8. The molecular formula is C20H19BrF2N4O2. The van der Waals surface area contributed by atoms with Crippen molar-refractivity contribution in [3.8, 4) is 5.75 Å². The second-order valence-electron chi connectivity index (χ2n) is 6.00. The molecule has 3 rings (SSSR count). The van der Waals surface area contributed by atoms with Gasteiger partial charge in [0.1, 0.15) is 11.4 Å². The van der Waals surface area contributed by atoms with Crippen molar-refractivity contribution in [2.45, 2.75) is 13.0 Å². The first-order valence-corrected chi connectivity index (χ1v) is 9.41. The Morgan fingerprint density at radius 2 is 1.97 bits per heavy atom. The predicted molar refractivity (Wildman–Crippen MR) is 111 cm³/mol. The lowest BCUT2D eigenvalue weighted by Crippen LogP contribution is -2.06. The van der Waals surface area contributed by atoms with Crippen molar-refractivity contribution in [3.63, 3.8) is 0 Å². The minimum atomic E-state index is -2.67. The molecule has 9 heteroatoms. The molecule has 1 N–H and O–H groups in total. The van der Waals surface area contributed by atoms with Gasteiger partial charge in [-0.15, -0.1) is 0 Å². The van der Waals surface area contributed by atoms with Crippen molar-refractivity contribution < 1.29 is 18.4 Å². The van der Waals surface area contributed by atoms with Gasteiger partial charge >= 0.3 is 0 Å². The monoisotopic (exact) mass is 464 g/mol. The first-order chi connectivity index (χ1) is 14.0. The number of hydrogen-bond acceptors (Lipinski definition) is 5. The molecular weight excluding hydrogens is 446 g/mol. The number of aromatic nitrogens is 2. The average Bonchev–Trinajstić information content (AvgIpc) is 3.11. The summed E-state index contributed by atoms with van der Waals surface area (Å²) in [6.07, 6.45) is -1.13. The zero-order chi connectivity index (χ0) is 20.8. The number of nitrogens with zero attached hydrogens (tertiary/aromatic N) is 3. The van der Waals surface area contributed by atoms with Gasteiger partial charge in [-0.1, -0.05) is 34.1 Å². The fraction of sp³-hybridized carbons (Fsp3) is 0.200. The highest BCUT2D eigenvalue weighted by molar-refractivity contribution is 9.10. The second-order valence-corrected chi connectivity index (χ2v) is 6.85. The van der Waals surface area contributed by atoms with E-state index in [1.165, 1.54) is 17.9 Å². The number of methoxy groups -OCH3 is 1. The van der Waals surface area contributed by atoms with E-state index >= 15 is 0 Å². The number of aliphatic imine (C=N–C) groups is 1. The van der Waals surface area contributed by atoms with Crippen LogP contribution in [0.4, 0.5) is 20.3 Å². The van der Waals surface area contributed by atoms with Crippen molar-refractivity contribution >= 4 is 33.6 Å². The van der Waals surface area contributed by atoms with Crippen molar-refractivity contribution in [1.82, 2.24) is 9.78 Å². The van der Waals surface area contributed by atoms with Crippen LogP contribution >= 0.6 is 15.9 Å². The molecule has 0 saturated carbocycles. The van der Waals surface area contributed by atoms with Crippen LogP contribution in [0.25, 0.3) is 0 Å². The van der Waals surface area contributed by atoms with Crippen LogP contribution < -0.4 is 10.2 Å². The van der Waals surface area contributed by atoms with E-state index < -0.39 is 6.43 Å².